The van der Waals surface area contributed by atoms with Crippen molar-refractivity contribution in [3.63, 3.8) is 0 Å². The number of aromatic nitrogens is 3. The van der Waals surface area contributed by atoms with Gasteiger partial charge in [0.1, 0.15) is 11.3 Å². The fourth-order valence-electron chi connectivity index (χ4n) is 5.59. The van der Waals surface area contributed by atoms with E-state index in [9.17, 15) is 4.79 Å². The zero-order valence-corrected chi connectivity index (χ0v) is 20.2. The Morgan fingerprint density at radius 1 is 1.20 bits per heavy atom. The molecule has 2 aromatic heterocycles. The molecule has 3 aliphatic heterocycles. The van der Waals surface area contributed by atoms with E-state index in [2.05, 4.69) is 20.5 Å². The molecule has 0 radical (unpaired) electrons. The maximum atomic E-state index is 13.0. The summed E-state index contributed by atoms with van der Waals surface area (Å²) >= 11 is 6.48. The quantitative estimate of drug-likeness (QED) is 0.561. The van der Waals surface area contributed by atoms with Crippen molar-refractivity contribution >= 4 is 45.6 Å². The van der Waals surface area contributed by atoms with Crippen molar-refractivity contribution in [1.29, 1.82) is 0 Å². The van der Waals surface area contributed by atoms with Crippen molar-refractivity contribution in [1.82, 2.24) is 14.5 Å². The third-order valence-electron chi connectivity index (χ3n) is 7.63. The number of aryl methyl sites for hydroxylation is 1. The van der Waals surface area contributed by atoms with Gasteiger partial charge in [0.15, 0.2) is 5.82 Å². The predicted molar refractivity (Wildman–Crippen MR) is 135 cm³/mol. The Morgan fingerprint density at radius 3 is 2.86 bits per heavy atom. The van der Waals surface area contributed by atoms with E-state index in [1.807, 2.05) is 18.2 Å². The SMILES string of the molecule is Cn1c(=O)c2c(c3cc(Nc4nc(N5CC6CCC5O6)ncc4Cl)ccc31)N[C@@H](C1CC1)CCO2. The average molecular weight is 495 g/mol. The predicted octanol–water partition coefficient (Wildman–Crippen LogP) is 4.02. The fraction of sp³-hybridized carbons (Fsp3) is 0.480. The van der Waals surface area contributed by atoms with Gasteiger partial charge in [0.25, 0.3) is 5.56 Å². The molecule has 1 aliphatic carbocycles. The Bertz CT molecular complexity index is 1390. The summed E-state index contributed by atoms with van der Waals surface area (Å²) in [6.45, 7) is 1.34. The molecular weight excluding hydrogens is 468 g/mol. The van der Waals surface area contributed by atoms with E-state index < -0.39 is 0 Å². The van der Waals surface area contributed by atoms with Gasteiger partial charge < -0.3 is 29.6 Å². The Labute approximate surface area is 207 Å². The topological polar surface area (TPSA) is 93.5 Å². The van der Waals surface area contributed by atoms with Crippen molar-refractivity contribution in [2.24, 2.45) is 13.0 Å². The van der Waals surface area contributed by atoms with Gasteiger partial charge in [-0.05, 0) is 49.8 Å². The number of fused-ring (bicyclic) bond motifs is 5. The van der Waals surface area contributed by atoms with Crippen LogP contribution in [0, 0.1) is 5.92 Å². The molecule has 4 aliphatic rings. The molecule has 1 aromatic carbocycles. The van der Waals surface area contributed by atoms with Crippen LogP contribution in [0.3, 0.4) is 0 Å². The monoisotopic (exact) mass is 494 g/mol. The first-order valence-electron chi connectivity index (χ1n) is 12.3. The molecular formula is C25H27ClN6O3. The van der Waals surface area contributed by atoms with Gasteiger partial charge in [0.2, 0.25) is 11.7 Å². The number of pyridine rings is 1. The van der Waals surface area contributed by atoms with Gasteiger partial charge in [-0.2, -0.15) is 4.98 Å². The van der Waals surface area contributed by atoms with Crippen molar-refractivity contribution in [2.75, 3.05) is 28.7 Å². The fourth-order valence-corrected chi connectivity index (χ4v) is 5.73. The highest BCUT2D eigenvalue weighted by Gasteiger charge is 2.40. The van der Waals surface area contributed by atoms with Gasteiger partial charge in [-0.3, -0.25) is 4.79 Å². The third kappa shape index (κ3) is 3.60. The number of nitrogens with zero attached hydrogens (tertiary/aromatic N) is 4. The molecule has 2 unspecified atom stereocenters. The van der Waals surface area contributed by atoms with E-state index in [-0.39, 0.29) is 17.9 Å². The van der Waals surface area contributed by atoms with Gasteiger partial charge in [0.05, 0.1) is 30.1 Å². The van der Waals surface area contributed by atoms with Crippen molar-refractivity contribution in [3.05, 3.63) is 39.8 Å². The van der Waals surface area contributed by atoms with E-state index in [4.69, 9.17) is 26.1 Å². The van der Waals surface area contributed by atoms with Gasteiger partial charge in [0, 0.05) is 37.1 Å². The molecule has 9 nitrogen and oxygen atoms in total. The largest absolute Gasteiger partial charge is 0.486 e. The van der Waals surface area contributed by atoms with Gasteiger partial charge >= 0.3 is 0 Å². The van der Waals surface area contributed by atoms with Crippen LogP contribution in [-0.4, -0.2) is 46.1 Å². The Kier molecular flexibility index (Phi) is 4.86. The lowest BCUT2D eigenvalue weighted by Crippen LogP contribution is -2.34. The number of ether oxygens (including phenoxy) is 2. The number of anilines is 4. The Balaban J connectivity index is 1.26. The zero-order chi connectivity index (χ0) is 23.7. The molecule has 0 spiro atoms. The number of nitrogens with one attached hydrogen (secondary N) is 2. The van der Waals surface area contributed by atoms with Crippen LogP contribution in [0.25, 0.3) is 10.9 Å². The molecule has 182 valence electrons. The maximum Gasteiger partial charge on any atom is 0.295 e. The lowest BCUT2D eigenvalue weighted by Gasteiger charge is -2.24. The van der Waals surface area contributed by atoms with Crippen LogP contribution in [0.2, 0.25) is 5.02 Å². The van der Waals surface area contributed by atoms with Crippen molar-refractivity contribution in [3.8, 4) is 5.75 Å². The first-order valence-corrected chi connectivity index (χ1v) is 12.7. The molecule has 2 N–H and O–H groups in total. The average Bonchev–Trinajstić information content (AvgIpc) is 3.55. The van der Waals surface area contributed by atoms with Crippen LogP contribution in [-0.2, 0) is 11.8 Å². The van der Waals surface area contributed by atoms with Crippen LogP contribution in [0.15, 0.2) is 29.2 Å². The number of benzene rings is 1. The zero-order valence-electron chi connectivity index (χ0n) is 19.5. The van der Waals surface area contributed by atoms with Crippen LogP contribution in [0.1, 0.15) is 32.1 Å². The first kappa shape index (κ1) is 21.3. The summed E-state index contributed by atoms with van der Waals surface area (Å²) in [5, 5.41) is 8.39. The van der Waals surface area contributed by atoms with Gasteiger partial charge in [-0.1, -0.05) is 11.6 Å². The lowest BCUT2D eigenvalue weighted by molar-refractivity contribution is 0.108. The van der Waals surface area contributed by atoms with E-state index in [0.29, 0.717) is 41.1 Å². The minimum atomic E-state index is -0.122. The molecule has 5 heterocycles. The molecule has 3 aromatic rings. The highest BCUT2D eigenvalue weighted by molar-refractivity contribution is 6.32. The van der Waals surface area contributed by atoms with E-state index in [1.165, 1.54) is 12.8 Å². The molecule has 0 amide bonds. The van der Waals surface area contributed by atoms with Crippen LogP contribution in [0.5, 0.6) is 5.75 Å². The number of rotatable bonds is 4. The molecule has 35 heavy (non-hydrogen) atoms. The number of halogens is 1. The minimum Gasteiger partial charge on any atom is -0.486 e. The Hall–Kier alpha value is -3.04. The van der Waals surface area contributed by atoms with Gasteiger partial charge in [-0.25, -0.2) is 4.98 Å². The molecule has 3 atom stereocenters. The maximum absolute atomic E-state index is 13.0. The summed E-state index contributed by atoms with van der Waals surface area (Å²) in [7, 11) is 1.78. The highest BCUT2D eigenvalue weighted by Crippen LogP contribution is 2.41. The number of hydrogen-bond donors (Lipinski definition) is 2. The van der Waals surface area contributed by atoms with Crippen LogP contribution in [0.4, 0.5) is 23.1 Å². The molecule has 1 saturated carbocycles. The van der Waals surface area contributed by atoms with Crippen molar-refractivity contribution in [2.45, 2.75) is 50.5 Å². The normalized spacial score (nSPS) is 25.2. The summed E-state index contributed by atoms with van der Waals surface area (Å²) < 4.78 is 13.6. The molecule has 10 heteroatoms. The molecule has 3 fully saturated rings. The lowest BCUT2D eigenvalue weighted by atomic mass is 10.1. The van der Waals surface area contributed by atoms with Crippen molar-refractivity contribution < 1.29 is 9.47 Å². The molecule has 2 saturated heterocycles. The van der Waals surface area contributed by atoms with E-state index >= 15 is 0 Å². The number of hydrogen-bond acceptors (Lipinski definition) is 8. The second-order valence-electron chi connectivity index (χ2n) is 9.96. The Morgan fingerprint density at radius 2 is 2.09 bits per heavy atom. The van der Waals surface area contributed by atoms with Crippen LogP contribution >= 0.6 is 11.6 Å². The number of piperidine rings is 1. The summed E-state index contributed by atoms with van der Waals surface area (Å²) in [5.41, 5.74) is 2.31. The summed E-state index contributed by atoms with van der Waals surface area (Å²) in [5.74, 6) is 2.19. The third-order valence-corrected chi connectivity index (χ3v) is 7.91. The molecule has 2 bridgehead atoms. The van der Waals surface area contributed by atoms with Gasteiger partial charge in [-0.15, -0.1) is 0 Å². The second kappa shape index (κ2) is 7.99. The van der Waals surface area contributed by atoms with E-state index in [1.54, 1.807) is 17.8 Å². The smallest absolute Gasteiger partial charge is 0.295 e. The second-order valence-corrected chi connectivity index (χ2v) is 10.4. The first-order chi connectivity index (χ1) is 17.0. The highest BCUT2D eigenvalue weighted by atomic mass is 35.5. The summed E-state index contributed by atoms with van der Waals surface area (Å²) in [4.78, 5) is 24.3. The minimum absolute atomic E-state index is 0.0388. The van der Waals surface area contributed by atoms with Crippen LogP contribution < -0.4 is 25.8 Å². The van der Waals surface area contributed by atoms with E-state index in [0.717, 1.165) is 48.1 Å². The summed E-state index contributed by atoms with van der Waals surface area (Å²) in [6, 6.07) is 6.22. The standard InChI is InChI=1S/C25H27ClN6O3/c1-31-19-6-4-14(10-16(19)21-22(24(31)33)34-9-8-18(29-21)13-2-3-13)28-23-17(26)11-27-25(30-23)32-12-15-5-7-20(32)35-15/h4,6,10-11,13,15,18,20,29H,2-3,5,7-9,12H2,1H3,(H,27,28,30)/t15?,18-,20?/m1/s1. The molecule has 7 rings (SSSR count). The summed E-state index contributed by atoms with van der Waals surface area (Å²) in [6.07, 6.45) is 7.34.